The van der Waals surface area contributed by atoms with Gasteiger partial charge in [-0.3, -0.25) is 14.5 Å². The number of benzene rings is 3. The molecule has 3 aromatic carbocycles. The van der Waals surface area contributed by atoms with E-state index in [9.17, 15) is 14.7 Å². The van der Waals surface area contributed by atoms with Gasteiger partial charge in [0.1, 0.15) is 11.5 Å². The van der Waals surface area contributed by atoms with Crippen molar-refractivity contribution in [3.8, 4) is 5.75 Å². The van der Waals surface area contributed by atoms with E-state index in [4.69, 9.17) is 4.74 Å². The van der Waals surface area contributed by atoms with E-state index in [1.165, 1.54) is 4.90 Å². The number of para-hydroxylation sites is 1. The number of hydrogen-bond donors (Lipinski definition) is 1. The average molecular weight is 440 g/mol. The molecule has 0 saturated carbocycles. The third-order valence-electron chi connectivity index (χ3n) is 6.17. The fourth-order valence-electron chi connectivity index (χ4n) is 4.45. The van der Waals surface area contributed by atoms with Crippen LogP contribution in [0.3, 0.4) is 0 Å². The van der Waals surface area contributed by atoms with Crippen molar-refractivity contribution in [3.05, 3.63) is 95.1 Å². The molecule has 0 bridgehead atoms. The van der Waals surface area contributed by atoms with Gasteiger partial charge in [-0.25, -0.2) is 0 Å². The van der Waals surface area contributed by atoms with Crippen molar-refractivity contribution in [1.82, 2.24) is 0 Å². The molecule has 2 aliphatic heterocycles. The van der Waals surface area contributed by atoms with Gasteiger partial charge in [0.15, 0.2) is 0 Å². The van der Waals surface area contributed by atoms with Crippen LogP contribution in [0.4, 0.5) is 11.4 Å². The number of aliphatic hydroxyl groups is 1. The summed E-state index contributed by atoms with van der Waals surface area (Å²) in [6, 6.07) is 21.4. The molecule has 33 heavy (non-hydrogen) atoms. The number of hydrogen-bond acceptors (Lipinski definition) is 5. The summed E-state index contributed by atoms with van der Waals surface area (Å²) in [4.78, 5) is 29.9. The quantitative estimate of drug-likeness (QED) is 0.372. The Kier molecular flexibility index (Phi) is 5.13. The molecular formula is C27H24N2O4. The zero-order valence-electron chi connectivity index (χ0n) is 18.5. The smallest absolute Gasteiger partial charge is 0.300 e. The Bertz CT molecular complexity index is 1260. The molecule has 1 unspecified atom stereocenters. The molecule has 1 atom stereocenters. The van der Waals surface area contributed by atoms with Crippen LogP contribution in [-0.4, -0.2) is 37.5 Å². The maximum Gasteiger partial charge on any atom is 0.300 e. The second-order valence-corrected chi connectivity index (χ2v) is 8.41. The third-order valence-corrected chi connectivity index (χ3v) is 6.17. The second-order valence-electron chi connectivity index (χ2n) is 8.41. The lowest BCUT2D eigenvalue weighted by Crippen LogP contribution is -2.29. The fraction of sp³-hybridized carbons (Fsp3) is 0.185. The highest BCUT2D eigenvalue weighted by Gasteiger charge is 2.47. The van der Waals surface area contributed by atoms with Gasteiger partial charge in [-0.05, 0) is 53.6 Å². The second kappa shape index (κ2) is 8.13. The van der Waals surface area contributed by atoms with Crippen LogP contribution in [0, 0.1) is 0 Å². The zero-order valence-corrected chi connectivity index (χ0v) is 18.5. The summed E-state index contributed by atoms with van der Waals surface area (Å²) in [7, 11) is 3.89. The summed E-state index contributed by atoms with van der Waals surface area (Å²) < 4.78 is 5.56. The van der Waals surface area contributed by atoms with E-state index in [1.807, 2.05) is 67.5 Å². The Morgan fingerprint density at radius 3 is 2.42 bits per heavy atom. The predicted molar refractivity (Wildman–Crippen MR) is 128 cm³/mol. The summed E-state index contributed by atoms with van der Waals surface area (Å²) >= 11 is 0. The minimum Gasteiger partial charge on any atom is -0.507 e. The van der Waals surface area contributed by atoms with Crippen molar-refractivity contribution in [1.29, 1.82) is 0 Å². The van der Waals surface area contributed by atoms with Crippen LogP contribution in [-0.2, 0) is 16.0 Å². The first-order valence-corrected chi connectivity index (χ1v) is 10.8. The predicted octanol–water partition coefficient (Wildman–Crippen LogP) is 4.31. The number of carbonyl (C=O) groups is 2. The van der Waals surface area contributed by atoms with Crippen LogP contribution in [0.15, 0.2) is 78.4 Å². The van der Waals surface area contributed by atoms with Gasteiger partial charge in [-0.2, -0.15) is 0 Å². The molecule has 6 heteroatoms. The van der Waals surface area contributed by atoms with Crippen LogP contribution in [0.5, 0.6) is 5.75 Å². The van der Waals surface area contributed by atoms with Crippen molar-refractivity contribution in [2.75, 3.05) is 30.5 Å². The molecule has 2 heterocycles. The van der Waals surface area contributed by atoms with E-state index in [0.717, 1.165) is 29.0 Å². The van der Waals surface area contributed by atoms with Crippen LogP contribution < -0.4 is 14.5 Å². The topological polar surface area (TPSA) is 70.1 Å². The number of rotatable bonds is 4. The van der Waals surface area contributed by atoms with E-state index in [0.29, 0.717) is 17.9 Å². The number of anilines is 2. The van der Waals surface area contributed by atoms with Crippen LogP contribution >= 0.6 is 0 Å². The first kappa shape index (κ1) is 20.8. The third kappa shape index (κ3) is 3.53. The molecule has 2 aliphatic rings. The monoisotopic (exact) mass is 440 g/mol. The maximum atomic E-state index is 13.3. The van der Waals surface area contributed by atoms with Crippen molar-refractivity contribution >= 4 is 28.8 Å². The van der Waals surface area contributed by atoms with Gasteiger partial charge in [0.25, 0.3) is 11.7 Å². The van der Waals surface area contributed by atoms with E-state index in [-0.39, 0.29) is 11.3 Å². The Labute approximate surface area is 192 Å². The van der Waals surface area contributed by atoms with Gasteiger partial charge >= 0.3 is 0 Å². The molecule has 6 nitrogen and oxygen atoms in total. The van der Waals surface area contributed by atoms with E-state index < -0.39 is 17.7 Å². The molecule has 166 valence electrons. The number of nitrogens with zero attached hydrogens (tertiary/aromatic N) is 2. The Morgan fingerprint density at radius 2 is 1.73 bits per heavy atom. The summed E-state index contributed by atoms with van der Waals surface area (Å²) in [5, 5.41) is 11.3. The van der Waals surface area contributed by atoms with Crippen LogP contribution in [0.1, 0.15) is 22.7 Å². The van der Waals surface area contributed by atoms with Gasteiger partial charge < -0.3 is 14.7 Å². The number of carbonyl (C=O) groups excluding carboxylic acids is 2. The summed E-state index contributed by atoms with van der Waals surface area (Å²) in [6.45, 7) is 0.593. The van der Waals surface area contributed by atoms with Gasteiger partial charge in [0, 0.05) is 37.5 Å². The molecule has 0 radical (unpaired) electrons. The molecule has 0 spiro atoms. The normalized spacial score (nSPS) is 18.8. The molecule has 3 aromatic rings. The first-order chi connectivity index (χ1) is 16.0. The van der Waals surface area contributed by atoms with Crippen molar-refractivity contribution < 1.29 is 19.4 Å². The molecule has 1 fully saturated rings. The average Bonchev–Trinajstić information content (AvgIpc) is 3.41. The molecule has 0 aliphatic carbocycles. The Balaban J connectivity index is 1.68. The maximum absolute atomic E-state index is 13.3. The highest BCUT2D eigenvalue weighted by molar-refractivity contribution is 6.51. The number of amides is 1. The van der Waals surface area contributed by atoms with Gasteiger partial charge in [0.05, 0.1) is 18.2 Å². The molecule has 5 rings (SSSR count). The van der Waals surface area contributed by atoms with Crippen LogP contribution in [0.25, 0.3) is 5.76 Å². The number of aliphatic hydroxyl groups excluding tert-OH is 1. The van der Waals surface area contributed by atoms with Crippen LogP contribution in [0.2, 0.25) is 0 Å². The van der Waals surface area contributed by atoms with Gasteiger partial charge in [0.2, 0.25) is 0 Å². The lowest BCUT2D eigenvalue weighted by molar-refractivity contribution is -0.132. The van der Waals surface area contributed by atoms with Gasteiger partial charge in [-0.1, -0.05) is 30.3 Å². The fourth-order valence-corrected chi connectivity index (χ4v) is 4.45. The Morgan fingerprint density at radius 1 is 1.00 bits per heavy atom. The summed E-state index contributed by atoms with van der Waals surface area (Å²) in [6.07, 6.45) is 0.740. The molecular weight excluding hydrogens is 416 g/mol. The minimum absolute atomic E-state index is 0.0836. The lowest BCUT2D eigenvalue weighted by Gasteiger charge is -2.26. The highest BCUT2D eigenvalue weighted by Crippen LogP contribution is 2.43. The van der Waals surface area contributed by atoms with E-state index in [1.54, 1.807) is 24.3 Å². The van der Waals surface area contributed by atoms with Gasteiger partial charge in [-0.15, -0.1) is 0 Å². The first-order valence-electron chi connectivity index (χ1n) is 10.8. The highest BCUT2D eigenvalue weighted by atomic mass is 16.5. The van der Waals surface area contributed by atoms with Crippen molar-refractivity contribution in [2.45, 2.75) is 12.5 Å². The number of ketones is 1. The molecule has 1 N–H and O–H groups in total. The summed E-state index contributed by atoms with van der Waals surface area (Å²) in [5.74, 6) is -0.751. The molecule has 1 amide bonds. The lowest BCUT2D eigenvalue weighted by atomic mass is 9.94. The summed E-state index contributed by atoms with van der Waals surface area (Å²) in [5.41, 5.74) is 3.90. The van der Waals surface area contributed by atoms with Crippen molar-refractivity contribution in [2.24, 2.45) is 0 Å². The molecule has 1 saturated heterocycles. The standard InChI is InChI=1S/C27H24N2O4/c1-28(2)20-11-8-17(9-12-20)24-23(25(30)19-10-13-22-18(16-19)14-15-33-22)26(31)27(32)29(24)21-6-4-3-5-7-21/h3-13,16,24,30H,14-15H2,1-2H3/b25-23-. The number of Topliss-reactive ketones (excluding diaryl/α,β-unsaturated/α-hetero) is 1. The van der Waals surface area contributed by atoms with E-state index in [2.05, 4.69) is 0 Å². The largest absolute Gasteiger partial charge is 0.507 e. The Hall–Kier alpha value is -4.06. The minimum atomic E-state index is -0.742. The molecule has 0 aromatic heterocycles. The van der Waals surface area contributed by atoms with Crippen molar-refractivity contribution in [3.63, 3.8) is 0 Å². The number of ether oxygens (including phenoxy) is 1. The SMILES string of the molecule is CN(C)c1ccc(C2/C(=C(/O)c3ccc4c(c3)CCO4)C(=O)C(=O)N2c2ccccc2)cc1. The zero-order chi connectivity index (χ0) is 23.1. The van der Waals surface area contributed by atoms with E-state index >= 15 is 0 Å². The number of fused-ring (bicyclic) bond motifs is 1.